The number of nitrogens with zero attached hydrogens (tertiary/aromatic N) is 1. The van der Waals surface area contributed by atoms with Crippen LogP contribution in [0.15, 0.2) is 47.0 Å². The molecule has 2 heterocycles. The number of aromatic carboxylic acids is 1. The predicted molar refractivity (Wildman–Crippen MR) is 93.4 cm³/mol. The fourth-order valence-electron chi connectivity index (χ4n) is 2.82. The molecule has 0 unspecified atom stereocenters. The van der Waals surface area contributed by atoms with Crippen LogP contribution in [0.25, 0.3) is 22.4 Å². The standard InChI is InChI=1S/C19H17NO6/c1-20-10-4-5-13(20)11-6-8-12(9-7-11)14-15(24-2)17(18(21)22)26-16(14)19(23)25-3/h4-10H,1-3H3,(H,21,22). The number of carboxylic acids is 1. The van der Waals surface area contributed by atoms with Gasteiger partial charge in [0.2, 0.25) is 5.76 Å². The Morgan fingerprint density at radius 2 is 1.69 bits per heavy atom. The molecule has 134 valence electrons. The first-order valence-electron chi connectivity index (χ1n) is 7.72. The van der Waals surface area contributed by atoms with Crippen molar-refractivity contribution in [3.8, 4) is 28.1 Å². The summed E-state index contributed by atoms with van der Waals surface area (Å²) in [5, 5.41) is 9.31. The topological polar surface area (TPSA) is 90.9 Å². The van der Waals surface area contributed by atoms with Crippen LogP contribution in [-0.2, 0) is 11.8 Å². The summed E-state index contributed by atoms with van der Waals surface area (Å²) >= 11 is 0. The number of furan rings is 1. The van der Waals surface area contributed by atoms with Crippen LogP contribution in [0, 0.1) is 0 Å². The number of carboxylic acid groups (broad SMARTS) is 1. The molecule has 26 heavy (non-hydrogen) atoms. The number of hydrogen-bond donors (Lipinski definition) is 1. The Morgan fingerprint density at radius 1 is 1.04 bits per heavy atom. The Bertz CT molecular complexity index is 965. The zero-order valence-corrected chi connectivity index (χ0v) is 14.5. The Balaban J connectivity index is 2.15. The molecule has 0 fully saturated rings. The van der Waals surface area contributed by atoms with E-state index >= 15 is 0 Å². The summed E-state index contributed by atoms with van der Waals surface area (Å²) in [6.07, 6.45) is 1.94. The summed E-state index contributed by atoms with van der Waals surface area (Å²) in [4.78, 5) is 23.4. The number of methoxy groups -OCH3 is 2. The highest BCUT2D eigenvalue weighted by Crippen LogP contribution is 2.40. The van der Waals surface area contributed by atoms with Crippen molar-refractivity contribution in [3.05, 3.63) is 54.1 Å². The Kier molecular flexibility index (Phi) is 4.53. The fourth-order valence-corrected chi connectivity index (χ4v) is 2.82. The van der Waals surface area contributed by atoms with E-state index in [1.165, 1.54) is 14.2 Å². The van der Waals surface area contributed by atoms with E-state index in [0.717, 1.165) is 11.3 Å². The number of rotatable bonds is 5. The second-order valence-electron chi connectivity index (χ2n) is 5.55. The summed E-state index contributed by atoms with van der Waals surface area (Å²) in [5.41, 5.74) is 2.82. The Labute approximate surface area is 149 Å². The lowest BCUT2D eigenvalue weighted by Crippen LogP contribution is -2.01. The van der Waals surface area contributed by atoms with Gasteiger partial charge in [-0.15, -0.1) is 0 Å². The maximum absolute atomic E-state index is 12.0. The van der Waals surface area contributed by atoms with Crippen molar-refractivity contribution < 1.29 is 28.6 Å². The van der Waals surface area contributed by atoms with Crippen molar-refractivity contribution in [3.63, 3.8) is 0 Å². The van der Waals surface area contributed by atoms with Gasteiger partial charge in [-0.1, -0.05) is 24.3 Å². The van der Waals surface area contributed by atoms with Gasteiger partial charge in [-0.3, -0.25) is 0 Å². The van der Waals surface area contributed by atoms with Crippen LogP contribution in [0.4, 0.5) is 0 Å². The van der Waals surface area contributed by atoms with Gasteiger partial charge in [-0.05, 0) is 23.3 Å². The molecular formula is C19H17NO6. The quantitative estimate of drug-likeness (QED) is 0.705. The van der Waals surface area contributed by atoms with E-state index < -0.39 is 17.7 Å². The largest absolute Gasteiger partial charge is 0.492 e. The fraction of sp³-hybridized carbons (Fsp3) is 0.158. The first-order valence-corrected chi connectivity index (χ1v) is 7.72. The third kappa shape index (κ3) is 2.83. The molecule has 0 saturated carbocycles. The molecule has 0 atom stereocenters. The van der Waals surface area contributed by atoms with Crippen molar-refractivity contribution in [1.29, 1.82) is 0 Å². The van der Waals surface area contributed by atoms with Gasteiger partial charge >= 0.3 is 11.9 Å². The molecule has 0 aliphatic heterocycles. The molecule has 1 N–H and O–H groups in total. The van der Waals surface area contributed by atoms with Crippen LogP contribution in [0.1, 0.15) is 21.1 Å². The number of carbonyl (C=O) groups excluding carboxylic acids is 1. The highest BCUT2D eigenvalue weighted by Gasteiger charge is 2.31. The molecule has 1 aromatic carbocycles. The molecule has 0 aliphatic rings. The second-order valence-corrected chi connectivity index (χ2v) is 5.55. The summed E-state index contributed by atoms with van der Waals surface area (Å²) in [7, 11) is 4.46. The molecule has 0 saturated heterocycles. The summed E-state index contributed by atoms with van der Waals surface area (Å²) in [5.74, 6) is -2.80. The van der Waals surface area contributed by atoms with Gasteiger partial charge in [0.1, 0.15) is 0 Å². The van der Waals surface area contributed by atoms with Crippen LogP contribution < -0.4 is 4.74 Å². The van der Waals surface area contributed by atoms with E-state index in [1.54, 1.807) is 12.1 Å². The van der Waals surface area contributed by atoms with Crippen molar-refractivity contribution in [2.45, 2.75) is 0 Å². The van der Waals surface area contributed by atoms with Crippen LogP contribution in [0.2, 0.25) is 0 Å². The van der Waals surface area contributed by atoms with E-state index in [0.29, 0.717) is 5.56 Å². The molecular weight excluding hydrogens is 338 g/mol. The zero-order chi connectivity index (χ0) is 18.8. The number of aromatic nitrogens is 1. The molecule has 7 heteroatoms. The molecule has 0 radical (unpaired) electrons. The summed E-state index contributed by atoms with van der Waals surface area (Å²) in [6, 6.07) is 11.2. The predicted octanol–water partition coefficient (Wildman–Crippen LogP) is 3.45. The minimum Gasteiger partial charge on any atom is -0.492 e. The zero-order valence-electron chi connectivity index (χ0n) is 14.5. The van der Waals surface area contributed by atoms with Crippen LogP contribution in [0.5, 0.6) is 5.75 Å². The third-order valence-electron chi connectivity index (χ3n) is 4.05. The molecule has 0 bridgehead atoms. The average molecular weight is 355 g/mol. The molecule has 2 aromatic heterocycles. The van der Waals surface area contributed by atoms with E-state index in [-0.39, 0.29) is 17.1 Å². The molecule has 3 rings (SSSR count). The number of esters is 1. The van der Waals surface area contributed by atoms with E-state index in [4.69, 9.17) is 13.9 Å². The second kappa shape index (κ2) is 6.79. The number of benzene rings is 1. The molecule has 7 nitrogen and oxygen atoms in total. The molecule has 0 amide bonds. The van der Waals surface area contributed by atoms with Gasteiger partial charge in [0.05, 0.1) is 19.8 Å². The van der Waals surface area contributed by atoms with Gasteiger partial charge in [0.25, 0.3) is 5.76 Å². The van der Waals surface area contributed by atoms with E-state index in [9.17, 15) is 14.7 Å². The van der Waals surface area contributed by atoms with Gasteiger partial charge in [-0.2, -0.15) is 0 Å². The average Bonchev–Trinajstić information content (AvgIpc) is 3.24. The normalized spacial score (nSPS) is 10.6. The Hall–Kier alpha value is -3.48. The minimum atomic E-state index is -1.33. The number of ether oxygens (including phenoxy) is 2. The first-order chi connectivity index (χ1) is 12.5. The summed E-state index contributed by atoms with van der Waals surface area (Å²) in [6.45, 7) is 0. The lowest BCUT2D eigenvalue weighted by Gasteiger charge is -2.07. The van der Waals surface area contributed by atoms with Crippen molar-refractivity contribution in [2.24, 2.45) is 7.05 Å². The lowest BCUT2D eigenvalue weighted by molar-refractivity contribution is 0.0556. The van der Waals surface area contributed by atoms with Crippen molar-refractivity contribution in [1.82, 2.24) is 4.57 Å². The first kappa shape index (κ1) is 17.3. The van der Waals surface area contributed by atoms with Gasteiger partial charge in [-0.25, -0.2) is 9.59 Å². The Morgan fingerprint density at radius 3 is 2.19 bits per heavy atom. The smallest absolute Gasteiger partial charge is 0.375 e. The molecule has 0 spiro atoms. The van der Waals surface area contributed by atoms with Gasteiger partial charge < -0.3 is 23.6 Å². The minimum absolute atomic E-state index is 0.0236. The third-order valence-corrected chi connectivity index (χ3v) is 4.05. The van der Waals surface area contributed by atoms with Crippen LogP contribution >= 0.6 is 0 Å². The van der Waals surface area contributed by atoms with E-state index in [2.05, 4.69) is 0 Å². The highest BCUT2D eigenvalue weighted by molar-refractivity contribution is 6.01. The maximum Gasteiger partial charge on any atom is 0.375 e. The maximum atomic E-state index is 12.0. The highest BCUT2D eigenvalue weighted by atomic mass is 16.5. The number of hydrogen-bond acceptors (Lipinski definition) is 5. The van der Waals surface area contributed by atoms with Crippen molar-refractivity contribution >= 4 is 11.9 Å². The number of aryl methyl sites for hydroxylation is 1. The molecule has 0 aliphatic carbocycles. The molecule has 3 aromatic rings. The number of carbonyl (C=O) groups is 2. The van der Waals surface area contributed by atoms with Gasteiger partial charge in [0, 0.05) is 18.9 Å². The SMILES string of the molecule is COC(=O)c1oc(C(=O)O)c(OC)c1-c1ccc(-c2cccn2C)cc1. The van der Waals surface area contributed by atoms with Crippen molar-refractivity contribution in [2.75, 3.05) is 14.2 Å². The van der Waals surface area contributed by atoms with Gasteiger partial charge in [0.15, 0.2) is 5.75 Å². The monoisotopic (exact) mass is 355 g/mol. The lowest BCUT2D eigenvalue weighted by atomic mass is 10.0. The summed E-state index contributed by atoms with van der Waals surface area (Å²) < 4.78 is 17.1. The van der Waals surface area contributed by atoms with E-state index in [1.807, 2.05) is 42.1 Å². The van der Waals surface area contributed by atoms with Crippen LogP contribution in [0.3, 0.4) is 0 Å². The van der Waals surface area contributed by atoms with Crippen LogP contribution in [-0.4, -0.2) is 35.8 Å².